The molecule has 0 aliphatic carbocycles. The summed E-state index contributed by atoms with van der Waals surface area (Å²) in [5.74, 6) is 0.676. The highest BCUT2D eigenvalue weighted by Gasteiger charge is 2.22. The summed E-state index contributed by atoms with van der Waals surface area (Å²) in [4.78, 5) is 11.3. The van der Waals surface area contributed by atoms with Crippen molar-refractivity contribution in [1.82, 2.24) is 33.8 Å². The molecule has 1 aliphatic heterocycles. The molecule has 5 heterocycles. The Morgan fingerprint density at radius 3 is 3.11 bits per heavy atom. The number of rotatable bonds is 5. The molecule has 0 radical (unpaired) electrons. The van der Waals surface area contributed by atoms with Crippen molar-refractivity contribution in [3.05, 3.63) is 42.2 Å². The van der Waals surface area contributed by atoms with Gasteiger partial charge in [0.05, 0.1) is 29.5 Å². The minimum atomic E-state index is -0.717. The van der Waals surface area contributed by atoms with E-state index in [0.29, 0.717) is 25.3 Å². The number of likely N-dealkylation sites (tertiary alicyclic amines) is 1. The molecule has 0 bridgehead atoms. The van der Waals surface area contributed by atoms with Gasteiger partial charge in [0.25, 0.3) is 0 Å². The Bertz CT molecular complexity index is 1100. The standard InChI is InChI=1S/C18H19FN8S/c1-11-8-27-15(12-5-21-22-6-12)7-20-18(27)17(23-11)24-16-4-14(25-28-16)10-26-3-2-13(19)9-26/h4-8,13H,2-3,9-10H2,1H3,(H,21,22)(H,23,24)/t13-/m0/s1. The number of hydrogen-bond acceptors (Lipinski definition) is 7. The number of alkyl halides is 1. The number of imidazole rings is 1. The van der Waals surface area contributed by atoms with Gasteiger partial charge < -0.3 is 5.32 Å². The van der Waals surface area contributed by atoms with E-state index < -0.39 is 6.17 Å². The van der Waals surface area contributed by atoms with E-state index in [1.807, 2.05) is 36.0 Å². The molecular formula is C18H19FN8S. The van der Waals surface area contributed by atoms with Crippen LogP contribution in [0.1, 0.15) is 17.8 Å². The van der Waals surface area contributed by atoms with E-state index in [1.165, 1.54) is 11.5 Å². The van der Waals surface area contributed by atoms with Crippen LogP contribution in [0.2, 0.25) is 0 Å². The van der Waals surface area contributed by atoms with Crippen molar-refractivity contribution in [2.45, 2.75) is 26.1 Å². The minimum absolute atomic E-state index is 0.491. The maximum atomic E-state index is 13.4. The van der Waals surface area contributed by atoms with E-state index in [4.69, 9.17) is 0 Å². The fourth-order valence-corrected chi connectivity index (χ4v) is 4.17. The average Bonchev–Trinajstić information content (AvgIpc) is 3.43. The Kier molecular flexibility index (Phi) is 4.29. The highest BCUT2D eigenvalue weighted by molar-refractivity contribution is 7.10. The third-order valence-electron chi connectivity index (χ3n) is 4.81. The number of H-pyrrole nitrogens is 1. The van der Waals surface area contributed by atoms with Crippen LogP contribution in [0.25, 0.3) is 16.9 Å². The first-order valence-corrected chi connectivity index (χ1v) is 9.86. The van der Waals surface area contributed by atoms with Crippen LogP contribution < -0.4 is 5.32 Å². The van der Waals surface area contributed by atoms with Crippen LogP contribution in [0.4, 0.5) is 15.2 Å². The molecule has 1 aliphatic rings. The summed E-state index contributed by atoms with van der Waals surface area (Å²) in [7, 11) is 0. The maximum Gasteiger partial charge on any atom is 0.180 e. The molecule has 8 nitrogen and oxygen atoms in total. The smallest absolute Gasteiger partial charge is 0.180 e. The normalized spacial score (nSPS) is 17.6. The number of aryl methyl sites for hydroxylation is 1. The Hall–Kier alpha value is -2.85. The molecule has 1 saturated heterocycles. The lowest BCUT2D eigenvalue weighted by atomic mass is 10.3. The van der Waals surface area contributed by atoms with Gasteiger partial charge in [-0.3, -0.25) is 14.4 Å². The molecule has 1 fully saturated rings. The van der Waals surface area contributed by atoms with E-state index in [9.17, 15) is 4.39 Å². The lowest BCUT2D eigenvalue weighted by molar-refractivity contribution is 0.281. The monoisotopic (exact) mass is 398 g/mol. The maximum absolute atomic E-state index is 13.4. The SMILES string of the molecule is Cc1cn2c(-c3cn[nH]c3)cnc2c(Nc2cc(CN3CC[C@H](F)C3)ns2)n1. The second-order valence-electron chi connectivity index (χ2n) is 6.98. The zero-order valence-corrected chi connectivity index (χ0v) is 16.1. The number of halogens is 1. The minimum Gasteiger partial charge on any atom is -0.328 e. The Morgan fingerprint density at radius 2 is 2.32 bits per heavy atom. The third kappa shape index (κ3) is 3.25. The zero-order valence-electron chi connectivity index (χ0n) is 15.3. The summed E-state index contributed by atoms with van der Waals surface area (Å²) in [6, 6.07) is 2.00. The molecule has 10 heteroatoms. The Labute approximate surface area is 164 Å². The van der Waals surface area contributed by atoms with Crippen LogP contribution in [0, 0.1) is 6.92 Å². The largest absolute Gasteiger partial charge is 0.328 e. The van der Waals surface area contributed by atoms with Crippen molar-refractivity contribution in [3.63, 3.8) is 0 Å². The van der Waals surface area contributed by atoms with Crippen LogP contribution in [0.3, 0.4) is 0 Å². The van der Waals surface area contributed by atoms with Crippen molar-refractivity contribution in [1.29, 1.82) is 0 Å². The lowest BCUT2D eigenvalue weighted by Gasteiger charge is -2.11. The van der Waals surface area contributed by atoms with E-state index in [1.54, 1.807) is 6.20 Å². The first-order valence-electron chi connectivity index (χ1n) is 9.08. The molecule has 4 aromatic heterocycles. The summed E-state index contributed by atoms with van der Waals surface area (Å²) in [5, 5.41) is 11.1. The quantitative estimate of drug-likeness (QED) is 0.537. The summed E-state index contributed by atoms with van der Waals surface area (Å²) in [5.41, 5.74) is 4.44. The molecule has 1 atom stereocenters. The highest BCUT2D eigenvalue weighted by Crippen LogP contribution is 2.28. The second-order valence-corrected chi connectivity index (χ2v) is 7.79. The van der Waals surface area contributed by atoms with Crippen LogP contribution in [0.15, 0.2) is 30.9 Å². The van der Waals surface area contributed by atoms with E-state index in [0.717, 1.165) is 39.8 Å². The van der Waals surface area contributed by atoms with Gasteiger partial charge in [-0.2, -0.15) is 9.47 Å². The highest BCUT2D eigenvalue weighted by atomic mass is 32.1. The van der Waals surface area contributed by atoms with Gasteiger partial charge in [-0.25, -0.2) is 14.4 Å². The molecule has 0 saturated carbocycles. The van der Waals surface area contributed by atoms with Crippen molar-refractivity contribution >= 4 is 28.0 Å². The molecule has 0 unspecified atom stereocenters. The number of nitrogens with one attached hydrogen (secondary N) is 2. The van der Waals surface area contributed by atoms with Crippen LogP contribution in [-0.4, -0.2) is 53.1 Å². The van der Waals surface area contributed by atoms with E-state index >= 15 is 0 Å². The van der Waals surface area contributed by atoms with Gasteiger partial charge in [-0.05, 0) is 30.9 Å². The van der Waals surface area contributed by atoms with Gasteiger partial charge >= 0.3 is 0 Å². The van der Waals surface area contributed by atoms with E-state index in [-0.39, 0.29) is 0 Å². The number of aromatic nitrogens is 6. The Balaban J connectivity index is 1.41. The number of hydrogen-bond donors (Lipinski definition) is 2. The first kappa shape index (κ1) is 17.3. The fourth-order valence-electron chi connectivity index (χ4n) is 3.52. The molecule has 0 aromatic carbocycles. The Morgan fingerprint density at radius 1 is 1.39 bits per heavy atom. The summed E-state index contributed by atoms with van der Waals surface area (Å²) < 4.78 is 19.9. The predicted octanol–water partition coefficient (Wildman–Crippen LogP) is 3.17. The number of fused-ring (bicyclic) bond motifs is 1. The van der Waals surface area contributed by atoms with Crippen molar-refractivity contribution in [3.8, 4) is 11.3 Å². The van der Waals surface area contributed by atoms with Crippen molar-refractivity contribution in [2.75, 3.05) is 18.4 Å². The zero-order chi connectivity index (χ0) is 19.1. The van der Waals surface area contributed by atoms with Gasteiger partial charge in [0.2, 0.25) is 0 Å². The summed E-state index contributed by atoms with van der Waals surface area (Å²) in [6.45, 7) is 3.89. The third-order valence-corrected chi connectivity index (χ3v) is 5.55. The summed E-state index contributed by atoms with van der Waals surface area (Å²) >= 11 is 1.37. The van der Waals surface area contributed by atoms with Gasteiger partial charge in [-0.1, -0.05) is 0 Å². The molecule has 0 spiro atoms. The molecule has 0 amide bonds. The lowest BCUT2D eigenvalue weighted by Crippen LogP contribution is -2.20. The average molecular weight is 398 g/mol. The molecule has 2 N–H and O–H groups in total. The van der Waals surface area contributed by atoms with Crippen molar-refractivity contribution in [2.24, 2.45) is 0 Å². The molecule has 144 valence electrons. The molecule has 4 aromatic rings. The number of anilines is 2. The molecule has 5 rings (SSSR count). The van der Waals surface area contributed by atoms with Crippen LogP contribution in [-0.2, 0) is 6.54 Å². The van der Waals surface area contributed by atoms with Gasteiger partial charge in [0, 0.05) is 37.6 Å². The predicted molar refractivity (Wildman–Crippen MR) is 105 cm³/mol. The topological polar surface area (TPSA) is 87.0 Å². The fraction of sp³-hybridized carbons (Fsp3) is 0.333. The summed E-state index contributed by atoms with van der Waals surface area (Å²) in [6.07, 6.45) is 7.26. The molecular weight excluding hydrogens is 379 g/mol. The van der Waals surface area contributed by atoms with Crippen LogP contribution >= 0.6 is 11.5 Å². The van der Waals surface area contributed by atoms with Gasteiger partial charge in [0.15, 0.2) is 11.5 Å². The second kappa shape index (κ2) is 6.95. The number of nitrogens with zero attached hydrogens (tertiary/aromatic N) is 6. The van der Waals surface area contributed by atoms with Gasteiger partial charge in [0.1, 0.15) is 11.2 Å². The molecule has 28 heavy (non-hydrogen) atoms. The first-order chi connectivity index (χ1) is 13.7. The van der Waals surface area contributed by atoms with Gasteiger partial charge in [-0.15, -0.1) is 0 Å². The number of aromatic amines is 1. The van der Waals surface area contributed by atoms with E-state index in [2.05, 4.69) is 34.8 Å². The van der Waals surface area contributed by atoms with Crippen molar-refractivity contribution < 1.29 is 4.39 Å². The van der Waals surface area contributed by atoms with Crippen LogP contribution in [0.5, 0.6) is 0 Å².